The van der Waals surface area contributed by atoms with Crippen LogP contribution in [0.15, 0.2) is 12.1 Å². The third kappa shape index (κ3) is 3.29. The number of benzene rings is 2. The Morgan fingerprint density at radius 1 is 1.17 bits per heavy atom. The molecule has 0 heterocycles. The van der Waals surface area contributed by atoms with E-state index < -0.39 is 47.6 Å². The van der Waals surface area contributed by atoms with Gasteiger partial charge in [0.15, 0.2) is 11.6 Å². The van der Waals surface area contributed by atoms with Crippen molar-refractivity contribution in [1.82, 2.24) is 0 Å². The van der Waals surface area contributed by atoms with Gasteiger partial charge in [0.2, 0.25) is 0 Å². The summed E-state index contributed by atoms with van der Waals surface area (Å²) in [7, 11) is 1.18. The number of fused-ring (bicyclic) bond motifs is 2. The molecule has 0 radical (unpaired) electrons. The lowest BCUT2D eigenvalue weighted by atomic mass is 9.75. The third-order valence-electron chi connectivity index (χ3n) is 5.73. The van der Waals surface area contributed by atoms with Gasteiger partial charge >= 0.3 is 0 Å². The minimum absolute atomic E-state index is 0.0352. The molecule has 0 unspecified atom stereocenters. The van der Waals surface area contributed by atoms with Crippen LogP contribution in [0.1, 0.15) is 28.4 Å². The fraction of sp³-hybridized carbons (Fsp3) is 0.429. The molecule has 0 bridgehead atoms. The van der Waals surface area contributed by atoms with Gasteiger partial charge in [-0.2, -0.15) is 0 Å². The van der Waals surface area contributed by atoms with Crippen molar-refractivity contribution in [2.45, 2.75) is 44.7 Å². The zero-order valence-corrected chi connectivity index (χ0v) is 16.7. The first-order valence-electron chi connectivity index (χ1n) is 9.36. The average molecular weight is 420 g/mol. The summed E-state index contributed by atoms with van der Waals surface area (Å²) >= 11 is 0. The lowest BCUT2D eigenvalue weighted by Crippen LogP contribution is -2.50. The minimum Gasteiger partial charge on any atom is -0.508 e. The summed E-state index contributed by atoms with van der Waals surface area (Å²) in [4.78, 5) is 25.4. The molecular formula is C21H24O9. The van der Waals surface area contributed by atoms with Gasteiger partial charge in [-0.3, -0.25) is 9.59 Å². The fourth-order valence-electron chi connectivity index (χ4n) is 4.00. The zero-order valence-electron chi connectivity index (χ0n) is 16.7. The number of aliphatic hydroxyl groups is 3. The van der Waals surface area contributed by atoms with E-state index in [2.05, 4.69) is 0 Å². The highest BCUT2D eigenvalue weighted by Gasteiger charge is 2.45. The molecule has 9 nitrogen and oxygen atoms in total. The van der Waals surface area contributed by atoms with Crippen LogP contribution in [0.2, 0.25) is 0 Å². The number of rotatable bonds is 5. The number of methoxy groups -OCH3 is 1. The largest absolute Gasteiger partial charge is 0.508 e. The third-order valence-corrected chi connectivity index (χ3v) is 5.73. The topological polar surface area (TPSA) is 165 Å². The van der Waals surface area contributed by atoms with Crippen LogP contribution in [0.3, 0.4) is 0 Å². The van der Waals surface area contributed by atoms with Crippen molar-refractivity contribution in [3.8, 4) is 17.2 Å². The van der Waals surface area contributed by atoms with Gasteiger partial charge in [0.25, 0.3) is 0 Å². The summed E-state index contributed by atoms with van der Waals surface area (Å²) in [6.45, 7) is 2.66. The van der Waals surface area contributed by atoms with E-state index >= 15 is 0 Å². The molecule has 162 valence electrons. The van der Waals surface area contributed by atoms with Crippen LogP contribution in [0.4, 0.5) is 0 Å². The number of phenolic OH excluding ortho intramolecular Hbond substituents is 3. The van der Waals surface area contributed by atoms with Gasteiger partial charge in [0.05, 0.1) is 17.1 Å². The van der Waals surface area contributed by atoms with Gasteiger partial charge in [-0.25, -0.2) is 0 Å². The first kappa shape index (κ1) is 22.0. The number of aromatic hydroxyl groups is 3. The Hall–Kier alpha value is -2.72. The summed E-state index contributed by atoms with van der Waals surface area (Å²) < 4.78 is 5.15. The van der Waals surface area contributed by atoms with E-state index in [-0.39, 0.29) is 45.4 Å². The van der Waals surface area contributed by atoms with Crippen molar-refractivity contribution in [3.63, 3.8) is 0 Å². The van der Waals surface area contributed by atoms with Crippen LogP contribution >= 0.6 is 0 Å². The second-order valence-corrected chi connectivity index (χ2v) is 7.65. The monoisotopic (exact) mass is 420 g/mol. The second-order valence-electron chi connectivity index (χ2n) is 7.65. The van der Waals surface area contributed by atoms with Crippen molar-refractivity contribution < 1.29 is 45.0 Å². The number of ether oxygens (including phenoxy) is 1. The molecule has 0 saturated carbocycles. The van der Waals surface area contributed by atoms with Gasteiger partial charge in [-0.15, -0.1) is 0 Å². The smallest absolute Gasteiger partial charge is 0.195 e. The van der Waals surface area contributed by atoms with Crippen LogP contribution in [-0.2, 0) is 16.0 Å². The predicted octanol–water partition coefficient (Wildman–Crippen LogP) is 0.307. The maximum atomic E-state index is 12.9. The van der Waals surface area contributed by atoms with Crippen LogP contribution in [0.5, 0.6) is 17.2 Å². The van der Waals surface area contributed by atoms with Crippen molar-refractivity contribution in [3.05, 3.63) is 28.8 Å². The van der Waals surface area contributed by atoms with Crippen LogP contribution in [0, 0.1) is 12.8 Å². The van der Waals surface area contributed by atoms with Crippen molar-refractivity contribution in [2.24, 2.45) is 5.92 Å². The summed E-state index contributed by atoms with van der Waals surface area (Å²) in [5.41, 5.74) is 0.214. The molecule has 2 aromatic rings. The summed E-state index contributed by atoms with van der Waals surface area (Å²) in [6.07, 6.45) is -6.32. The molecule has 0 amide bonds. The number of carbonyl (C=O) groups is 2. The molecule has 30 heavy (non-hydrogen) atoms. The fourth-order valence-corrected chi connectivity index (χ4v) is 4.00. The zero-order chi connectivity index (χ0) is 22.5. The maximum absolute atomic E-state index is 12.9. The first-order valence-corrected chi connectivity index (χ1v) is 9.36. The highest BCUT2D eigenvalue weighted by atomic mass is 16.5. The number of aliphatic hydroxyl groups excluding tert-OH is 3. The molecule has 2 aromatic carbocycles. The molecule has 0 fully saturated rings. The first-order chi connectivity index (χ1) is 14.0. The van der Waals surface area contributed by atoms with Gasteiger partial charge in [0.1, 0.15) is 35.6 Å². The number of ketones is 2. The molecule has 0 spiro atoms. The lowest BCUT2D eigenvalue weighted by molar-refractivity contribution is -0.148. The van der Waals surface area contributed by atoms with E-state index in [0.717, 1.165) is 0 Å². The molecule has 1 aliphatic rings. The van der Waals surface area contributed by atoms with E-state index in [1.807, 2.05) is 0 Å². The van der Waals surface area contributed by atoms with E-state index in [1.165, 1.54) is 33.1 Å². The number of hydrogen-bond donors (Lipinski definition) is 6. The predicted molar refractivity (Wildman–Crippen MR) is 105 cm³/mol. The van der Waals surface area contributed by atoms with Gasteiger partial charge in [0, 0.05) is 18.6 Å². The van der Waals surface area contributed by atoms with Crippen LogP contribution in [0.25, 0.3) is 10.8 Å². The Morgan fingerprint density at radius 2 is 1.80 bits per heavy atom. The number of phenols is 3. The van der Waals surface area contributed by atoms with Crippen molar-refractivity contribution in [2.75, 3.05) is 7.11 Å². The summed E-state index contributed by atoms with van der Waals surface area (Å²) in [5, 5.41) is 61.2. The SMILES string of the molecule is CO[C@H](C(=O)[C@H](O)[C@H](C)O)[C@H]1Cc2cc3cc(O)c(C)c(O)c3c(O)c2C(=O)[C@@H]1O. The number of carbonyl (C=O) groups excluding carboxylic acids is 2. The second kappa shape index (κ2) is 7.84. The Bertz CT molecular complexity index is 1030. The van der Waals surface area contributed by atoms with Gasteiger partial charge < -0.3 is 35.4 Å². The number of Topliss-reactive ketones (excluding diaryl/α,β-unsaturated/α-hetero) is 2. The number of hydrogen-bond acceptors (Lipinski definition) is 9. The van der Waals surface area contributed by atoms with Crippen LogP contribution in [-0.4, -0.2) is 73.7 Å². The standard InChI is InChI=1S/C21H24O9/c1-7-12(23)6-10-4-9-5-11(21(30-3)20(29)16(25)8(2)22)17(26)19(28)14(9)18(27)13(10)15(7)24/h4,6,8,11,16-17,21-27H,5H2,1-3H3/t8-,11-,16+,17+,21-/m0/s1. The molecule has 1 aliphatic carbocycles. The quantitative estimate of drug-likeness (QED) is 0.399. The van der Waals surface area contributed by atoms with E-state index in [4.69, 9.17) is 4.74 Å². The summed E-state index contributed by atoms with van der Waals surface area (Å²) in [5.74, 6) is -3.96. The van der Waals surface area contributed by atoms with E-state index in [0.29, 0.717) is 0 Å². The lowest BCUT2D eigenvalue weighted by Gasteiger charge is -2.34. The molecule has 0 aromatic heterocycles. The van der Waals surface area contributed by atoms with Gasteiger partial charge in [-0.1, -0.05) is 0 Å². The Labute approximate surface area is 171 Å². The Morgan fingerprint density at radius 3 is 2.37 bits per heavy atom. The molecule has 0 aliphatic heterocycles. The van der Waals surface area contributed by atoms with Crippen molar-refractivity contribution >= 4 is 22.3 Å². The Kier molecular flexibility index (Phi) is 5.74. The maximum Gasteiger partial charge on any atom is 0.195 e. The molecule has 3 rings (SSSR count). The van der Waals surface area contributed by atoms with Crippen LogP contribution < -0.4 is 0 Å². The van der Waals surface area contributed by atoms with E-state index in [9.17, 15) is 40.2 Å². The summed E-state index contributed by atoms with van der Waals surface area (Å²) in [6, 6.07) is 2.80. The molecular weight excluding hydrogens is 396 g/mol. The molecule has 9 heteroatoms. The Balaban J connectivity index is 2.14. The highest BCUT2D eigenvalue weighted by molar-refractivity contribution is 6.11. The molecule has 6 N–H and O–H groups in total. The highest BCUT2D eigenvalue weighted by Crippen LogP contribution is 2.45. The minimum atomic E-state index is -1.76. The van der Waals surface area contributed by atoms with Crippen molar-refractivity contribution in [1.29, 1.82) is 0 Å². The average Bonchev–Trinajstić information content (AvgIpc) is 2.69. The van der Waals surface area contributed by atoms with Gasteiger partial charge in [-0.05, 0) is 43.4 Å². The molecule has 0 saturated heterocycles. The normalized spacial score (nSPS) is 21.9. The van der Waals surface area contributed by atoms with E-state index in [1.54, 1.807) is 0 Å². The molecule has 5 atom stereocenters.